The standard InChI is InChI=1S/C20H15ClN4O3S/c1-10(26)23-14-5-12(6-15(8-14)24-11(2)27)19(28)16(9-22)20-25-17-7-13(21)3-4-18(17)29-20/h3-8,16H,1-2H3,(H,23,26)(H,24,27). The number of nitrogens with zero attached hydrogens (tertiary/aromatic N) is 2. The van der Waals surface area contributed by atoms with Gasteiger partial charge in [-0.05, 0) is 36.4 Å². The van der Waals surface area contributed by atoms with Gasteiger partial charge in [0.15, 0.2) is 11.7 Å². The second-order valence-electron chi connectivity index (χ2n) is 6.25. The predicted molar refractivity (Wildman–Crippen MR) is 112 cm³/mol. The Morgan fingerprint density at radius 1 is 1.07 bits per heavy atom. The number of amides is 2. The van der Waals surface area contributed by atoms with Crippen LogP contribution in [-0.4, -0.2) is 22.6 Å². The normalized spacial score (nSPS) is 11.5. The van der Waals surface area contributed by atoms with Crippen molar-refractivity contribution in [2.24, 2.45) is 0 Å². The van der Waals surface area contributed by atoms with Gasteiger partial charge in [-0.25, -0.2) is 4.98 Å². The quantitative estimate of drug-likeness (QED) is 0.589. The average Bonchev–Trinajstić information content (AvgIpc) is 3.03. The molecule has 0 saturated heterocycles. The van der Waals surface area contributed by atoms with Gasteiger partial charge in [-0.3, -0.25) is 14.4 Å². The fraction of sp³-hybridized carbons (Fsp3) is 0.150. The Hall–Kier alpha value is -3.28. The summed E-state index contributed by atoms with van der Waals surface area (Å²) in [4.78, 5) is 40.3. The summed E-state index contributed by atoms with van der Waals surface area (Å²) in [6.07, 6.45) is 0. The summed E-state index contributed by atoms with van der Waals surface area (Å²) in [5.74, 6) is -2.29. The minimum Gasteiger partial charge on any atom is -0.326 e. The molecule has 7 nitrogen and oxygen atoms in total. The van der Waals surface area contributed by atoms with Crippen LogP contribution in [0.4, 0.5) is 11.4 Å². The molecule has 1 unspecified atom stereocenters. The number of nitriles is 1. The van der Waals surface area contributed by atoms with E-state index in [0.717, 1.165) is 4.70 Å². The zero-order valence-corrected chi connectivity index (χ0v) is 17.0. The number of hydrogen-bond donors (Lipinski definition) is 2. The predicted octanol–water partition coefficient (Wildman–Crippen LogP) is 4.36. The van der Waals surface area contributed by atoms with E-state index in [-0.39, 0.29) is 17.4 Å². The first-order valence-electron chi connectivity index (χ1n) is 8.47. The molecule has 0 aliphatic heterocycles. The van der Waals surface area contributed by atoms with Crippen molar-refractivity contribution in [3.63, 3.8) is 0 Å². The lowest BCUT2D eigenvalue weighted by Crippen LogP contribution is -2.14. The van der Waals surface area contributed by atoms with Gasteiger partial charge >= 0.3 is 0 Å². The molecule has 3 rings (SSSR count). The number of hydrogen-bond acceptors (Lipinski definition) is 6. The van der Waals surface area contributed by atoms with Crippen molar-refractivity contribution in [3.05, 3.63) is 52.0 Å². The Morgan fingerprint density at radius 3 is 2.24 bits per heavy atom. The number of thiazole rings is 1. The molecule has 1 atom stereocenters. The molecule has 2 aromatic carbocycles. The molecule has 29 heavy (non-hydrogen) atoms. The molecule has 0 aliphatic carbocycles. The average molecular weight is 427 g/mol. The monoisotopic (exact) mass is 426 g/mol. The van der Waals surface area contributed by atoms with Gasteiger partial charge in [-0.2, -0.15) is 5.26 Å². The fourth-order valence-corrected chi connectivity index (χ4v) is 3.91. The highest BCUT2D eigenvalue weighted by Crippen LogP contribution is 2.32. The topological polar surface area (TPSA) is 112 Å². The zero-order valence-electron chi connectivity index (χ0n) is 15.4. The van der Waals surface area contributed by atoms with E-state index in [1.54, 1.807) is 18.2 Å². The smallest absolute Gasteiger partial charge is 0.221 e. The maximum absolute atomic E-state index is 13.1. The van der Waals surface area contributed by atoms with E-state index in [1.165, 1.54) is 43.4 Å². The molecule has 1 heterocycles. The van der Waals surface area contributed by atoms with Crippen LogP contribution >= 0.6 is 22.9 Å². The van der Waals surface area contributed by atoms with Crippen molar-refractivity contribution in [1.29, 1.82) is 5.26 Å². The van der Waals surface area contributed by atoms with Crippen LogP contribution in [0.25, 0.3) is 10.2 Å². The first-order chi connectivity index (χ1) is 13.8. The van der Waals surface area contributed by atoms with Crippen molar-refractivity contribution in [1.82, 2.24) is 4.98 Å². The summed E-state index contributed by atoms with van der Waals surface area (Å²) >= 11 is 7.22. The Kier molecular flexibility index (Phi) is 5.92. The second kappa shape index (κ2) is 8.39. The molecular weight excluding hydrogens is 412 g/mol. The van der Waals surface area contributed by atoms with Crippen molar-refractivity contribution < 1.29 is 14.4 Å². The molecule has 0 aliphatic rings. The van der Waals surface area contributed by atoms with E-state index >= 15 is 0 Å². The largest absolute Gasteiger partial charge is 0.326 e. The molecule has 1 aromatic heterocycles. The van der Waals surface area contributed by atoms with Crippen LogP contribution in [-0.2, 0) is 9.59 Å². The van der Waals surface area contributed by atoms with E-state index in [0.29, 0.717) is 26.9 Å². The lowest BCUT2D eigenvalue weighted by atomic mass is 9.98. The van der Waals surface area contributed by atoms with Gasteiger partial charge in [-0.1, -0.05) is 11.6 Å². The molecule has 2 amide bonds. The molecule has 9 heteroatoms. The molecule has 3 aromatic rings. The lowest BCUT2D eigenvalue weighted by molar-refractivity contribution is -0.115. The lowest BCUT2D eigenvalue weighted by Gasteiger charge is -2.11. The molecular formula is C20H15ClN4O3S. The number of Topliss-reactive ketones (excluding diaryl/α,β-unsaturated/α-hetero) is 1. The van der Waals surface area contributed by atoms with Crippen molar-refractivity contribution >= 4 is 62.1 Å². The Morgan fingerprint density at radius 2 is 1.69 bits per heavy atom. The van der Waals surface area contributed by atoms with Crippen LogP contribution in [0.15, 0.2) is 36.4 Å². The number of benzene rings is 2. The number of nitrogens with one attached hydrogen (secondary N) is 2. The van der Waals surface area contributed by atoms with Gasteiger partial charge in [0, 0.05) is 35.8 Å². The number of halogens is 1. The Bertz CT molecular complexity index is 1150. The third-order valence-electron chi connectivity index (χ3n) is 3.86. The van der Waals surface area contributed by atoms with E-state index in [1.807, 2.05) is 6.07 Å². The van der Waals surface area contributed by atoms with Gasteiger partial charge in [0.2, 0.25) is 11.8 Å². The number of fused-ring (bicyclic) bond motifs is 1. The summed E-state index contributed by atoms with van der Waals surface area (Å²) < 4.78 is 0.809. The van der Waals surface area contributed by atoms with Crippen LogP contribution in [0.3, 0.4) is 0 Å². The zero-order chi connectivity index (χ0) is 21.1. The van der Waals surface area contributed by atoms with Gasteiger partial charge < -0.3 is 10.6 Å². The Labute approximate surface area is 175 Å². The number of aromatic nitrogens is 1. The maximum atomic E-state index is 13.1. The number of ketones is 1. The van der Waals surface area contributed by atoms with E-state index < -0.39 is 11.7 Å². The van der Waals surface area contributed by atoms with Crippen LogP contribution in [0.2, 0.25) is 5.02 Å². The number of rotatable bonds is 5. The van der Waals surface area contributed by atoms with Crippen LogP contribution in [0.5, 0.6) is 0 Å². The number of anilines is 2. The summed E-state index contributed by atoms with van der Waals surface area (Å²) in [6.45, 7) is 2.66. The summed E-state index contributed by atoms with van der Waals surface area (Å²) in [7, 11) is 0. The SMILES string of the molecule is CC(=O)Nc1cc(NC(C)=O)cc(C(=O)C(C#N)c2nc3cc(Cl)ccc3s2)c1. The molecule has 0 spiro atoms. The van der Waals surface area contributed by atoms with E-state index in [4.69, 9.17) is 11.6 Å². The van der Waals surface area contributed by atoms with Crippen LogP contribution in [0, 0.1) is 11.3 Å². The fourth-order valence-electron chi connectivity index (χ4n) is 2.76. The summed E-state index contributed by atoms with van der Waals surface area (Å²) in [5, 5.41) is 15.7. The van der Waals surface area contributed by atoms with Crippen molar-refractivity contribution in [3.8, 4) is 6.07 Å². The summed E-state index contributed by atoms with van der Waals surface area (Å²) in [6, 6.07) is 11.6. The number of carbonyl (C=O) groups excluding carboxylic acids is 3. The van der Waals surface area contributed by atoms with Crippen molar-refractivity contribution in [2.75, 3.05) is 10.6 Å². The maximum Gasteiger partial charge on any atom is 0.221 e. The van der Waals surface area contributed by atoms with Crippen molar-refractivity contribution in [2.45, 2.75) is 19.8 Å². The van der Waals surface area contributed by atoms with Crippen LogP contribution < -0.4 is 10.6 Å². The minimum absolute atomic E-state index is 0.170. The highest BCUT2D eigenvalue weighted by molar-refractivity contribution is 7.18. The number of carbonyl (C=O) groups is 3. The first-order valence-corrected chi connectivity index (χ1v) is 9.66. The molecule has 0 fully saturated rings. The molecule has 2 N–H and O–H groups in total. The van der Waals surface area contributed by atoms with Gasteiger partial charge in [0.25, 0.3) is 0 Å². The molecule has 146 valence electrons. The summed E-state index contributed by atoms with van der Waals surface area (Å²) in [5.41, 5.74) is 1.44. The first kappa shape index (κ1) is 20.5. The second-order valence-corrected chi connectivity index (χ2v) is 7.75. The Balaban J connectivity index is 2.02. The van der Waals surface area contributed by atoms with Gasteiger partial charge in [-0.15, -0.1) is 11.3 Å². The van der Waals surface area contributed by atoms with Gasteiger partial charge in [0.05, 0.1) is 16.3 Å². The van der Waals surface area contributed by atoms with E-state index in [9.17, 15) is 19.6 Å². The van der Waals surface area contributed by atoms with E-state index in [2.05, 4.69) is 15.6 Å². The third kappa shape index (κ3) is 4.77. The molecule has 0 saturated carbocycles. The highest BCUT2D eigenvalue weighted by atomic mass is 35.5. The van der Waals surface area contributed by atoms with Crippen LogP contribution in [0.1, 0.15) is 35.1 Å². The highest BCUT2D eigenvalue weighted by Gasteiger charge is 2.26. The molecule has 0 radical (unpaired) electrons. The molecule has 0 bridgehead atoms. The minimum atomic E-state index is -1.14. The third-order valence-corrected chi connectivity index (χ3v) is 5.20. The van der Waals surface area contributed by atoms with Gasteiger partial charge in [0.1, 0.15) is 5.01 Å².